The zero-order chi connectivity index (χ0) is 11.4. The number of hydrogen-bond donors (Lipinski definition) is 2. The van der Waals surface area contributed by atoms with Crippen molar-refractivity contribution in [3.05, 3.63) is 34.6 Å². The van der Waals surface area contributed by atoms with Crippen molar-refractivity contribution in [2.24, 2.45) is 0 Å². The second-order valence-corrected chi connectivity index (χ2v) is 3.86. The molecule has 0 spiro atoms. The topological polar surface area (TPSA) is 36.6 Å². The second kappa shape index (κ2) is 5.01. The second-order valence-electron chi connectivity index (χ2n) is 3.45. The molecule has 0 amide bonds. The Kier molecular flexibility index (Phi) is 3.96. The first-order valence-corrected chi connectivity index (χ1v) is 5.04. The van der Waals surface area contributed by atoms with E-state index in [4.69, 9.17) is 18.2 Å². The van der Waals surface area contributed by atoms with Gasteiger partial charge in [-0.1, -0.05) is 17.7 Å². The molecule has 4 heteroatoms. The Hall–Kier alpha value is -1.24. The Morgan fingerprint density at radius 2 is 2.13 bits per heavy atom. The van der Waals surface area contributed by atoms with Crippen molar-refractivity contribution in [2.45, 2.75) is 26.0 Å². The molecule has 1 aromatic carbocycles. The number of halogens is 1. The average Bonchev–Trinajstić information content (AvgIpc) is 2.18. The van der Waals surface area contributed by atoms with E-state index in [1.54, 1.807) is 25.1 Å². The summed E-state index contributed by atoms with van der Waals surface area (Å²) < 4.78 is 0. The molecule has 0 fully saturated rings. The normalized spacial score (nSPS) is 14.1. The zero-order valence-electron chi connectivity index (χ0n) is 8.66. The van der Waals surface area contributed by atoms with Gasteiger partial charge in [0.25, 0.3) is 0 Å². The molecule has 0 aliphatic heterocycles. The highest BCUT2D eigenvalue weighted by atomic mass is 35.5. The van der Waals surface area contributed by atoms with Crippen LogP contribution in [0, 0.1) is 6.57 Å². The predicted molar refractivity (Wildman–Crippen MR) is 62.5 cm³/mol. The molecule has 0 aromatic heterocycles. The van der Waals surface area contributed by atoms with Crippen molar-refractivity contribution >= 4 is 23.0 Å². The van der Waals surface area contributed by atoms with Gasteiger partial charge in [0.1, 0.15) is 0 Å². The highest BCUT2D eigenvalue weighted by molar-refractivity contribution is 6.33. The van der Waals surface area contributed by atoms with Gasteiger partial charge in [-0.3, -0.25) is 0 Å². The molecule has 1 aromatic rings. The van der Waals surface area contributed by atoms with E-state index in [1.165, 1.54) is 0 Å². The van der Waals surface area contributed by atoms with Crippen molar-refractivity contribution in [1.29, 1.82) is 0 Å². The molecule has 0 radical (unpaired) electrons. The van der Waals surface area contributed by atoms with E-state index in [0.717, 1.165) is 5.69 Å². The maximum Gasteiger partial charge on any atom is 0.205 e. The highest BCUT2D eigenvalue weighted by Crippen LogP contribution is 2.28. The van der Waals surface area contributed by atoms with Crippen LogP contribution in [0.1, 0.15) is 13.8 Å². The summed E-state index contributed by atoms with van der Waals surface area (Å²) in [5, 5.41) is 12.8. The summed E-state index contributed by atoms with van der Waals surface area (Å²) in [6.07, 6.45) is -0.440. The van der Waals surface area contributed by atoms with Crippen molar-refractivity contribution in [3.63, 3.8) is 0 Å². The lowest BCUT2D eigenvalue weighted by Gasteiger charge is -2.18. The quantitative estimate of drug-likeness (QED) is 0.775. The largest absolute Gasteiger partial charge is 0.391 e. The lowest BCUT2D eigenvalue weighted by molar-refractivity contribution is 0.178. The molecule has 0 saturated carbocycles. The summed E-state index contributed by atoms with van der Waals surface area (Å²) in [4.78, 5) is 3.27. The number of nitrogens with one attached hydrogen (secondary N) is 1. The highest BCUT2D eigenvalue weighted by Gasteiger charge is 2.09. The minimum atomic E-state index is -0.440. The molecular weight excluding hydrogens is 212 g/mol. The van der Waals surface area contributed by atoms with Crippen LogP contribution in [0.2, 0.25) is 5.02 Å². The summed E-state index contributed by atoms with van der Waals surface area (Å²) in [7, 11) is 0. The van der Waals surface area contributed by atoms with Crippen LogP contribution in [0.25, 0.3) is 4.85 Å². The third-order valence-electron chi connectivity index (χ3n) is 2.19. The van der Waals surface area contributed by atoms with E-state index in [0.29, 0.717) is 10.7 Å². The standard InChI is InChI=1S/C11H13ClN2O/c1-7(8(2)15)14-9-4-5-11(13-3)10(12)6-9/h4-8,14-15H,1-2H3/t7-,8-/m0/s1. The first kappa shape index (κ1) is 11.8. The van der Waals surface area contributed by atoms with Gasteiger partial charge in [-0.05, 0) is 26.0 Å². The van der Waals surface area contributed by atoms with E-state index >= 15 is 0 Å². The summed E-state index contributed by atoms with van der Waals surface area (Å²) in [6.45, 7) is 10.4. The molecule has 1 rings (SSSR count). The SMILES string of the molecule is [C-]#[N+]c1ccc(N[C@@H](C)[C@H](C)O)cc1Cl. The maximum absolute atomic E-state index is 9.31. The monoisotopic (exact) mass is 224 g/mol. The van der Waals surface area contributed by atoms with Crippen LogP contribution in [-0.4, -0.2) is 17.3 Å². The van der Waals surface area contributed by atoms with Crippen LogP contribution in [0.15, 0.2) is 18.2 Å². The molecule has 2 atom stereocenters. The van der Waals surface area contributed by atoms with Crippen LogP contribution in [-0.2, 0) is 0 Å². The van der Waals surface area contributed by atoms with Gasteiger partial charge in [-0.2, -0.15) is 0 Å². The average molecular weight is 225 g/mol. The molecule has 2 N–H and O–H groups in total. The molecule has 0 heterocycles. The number of aliphatic hydroxyl groups is 1. The van der Waals surface area contributed by atoms with Gasteiger partial charge in [-0.25, -0.2) is 4.85 Å². The number of benzene rings is 1. The van der Waals surface area contributed by atoms with Crippen LogP contribution in [0.3, 0.4) is 0 Å². The molecule has 0 aliphatic carbocycles. The molecule has 0 saturated heterocycles. The third-order valence-corrected chi connectivity index (χ3v) is 2.49. The van der Waals surface area contributed by atoms with Gasteiger partial charge < -0.3 is 10.4 Å². The Bertz CT molecular complexity index is 385. The Morgan fingerprint density at radius 1 is 1.47 bits per heavy atom. The Balaban J connectivity index is 2.81. The van der Waals surface area contributed by atoms with Gasteiger partial charge in [-0.15, -0.1) is 0 Å². The maximum atomic E-state index is 9.31. The van der Waals surface area contributed by atoms with Crippen molar-refractivity contribution < 1.29 is 5.11 Å². The van der Waals surface area contributed by atoms with E-state index in [-0.39, 0.29) is 6.04 Å². The summed E-state index contributed by atoms with van der Waals surface area (Å²) in [5.74, 6) is 0. The van der Waals surface area contributed by atoms with Gasteiger partial charge in [0.05, 0.1) is 12.7 Å². The van der Waals surface area contributed by atoms with Gasteiger partial charge >= 0.3 is 0 Å². The first-order chi connectivity index (χ1) is 7.04. The van der Waals surface area contributed by atoms with Gasteiger partial charge in [0.15, 0.2) is 0 Å². The fourth-order valence-corrected chi connectivity index (χ4v) is 1.29. The van der Waals surface area contributed by atoms with Crippen LogP contribution >= 0.6 is 11.6 Å². The van der Waals surface area contributed by atoms with Gasteiger partial charge in [0.2, 0.25) is 5.69 Å². The summed E-state index contributed by atoms with van der Waals surface area (Å²) in [5.41, 5.74) is 1.24. The molecule has 0 bridgehead atoms. The third kappa shape index (κ3) is 3.12. The number of anilines is 1. The number of nitrogens with zero attached hydrogens (tertiary/aromatic N) is 1. The van der Waals surface area contributed by atoms with Crippen LogP contribution < -0.4 is 5.32 Å². The van der Waals surface area contributed by atoms with Crippen LogP contribution in [0.4, 0.5) is 11.4 Å². The van der Waals surface area contributed by atoms with E-state index in [2.05, 4.69) is 10.2 Å². The Labute approximate surface area is 94.5 Å². The predicted octanol–water partition coefficient (Wildman–Crippen LogP) is 3.07. The van der Waals surface area contributed by atoms with Crippen molar-refractivity contribution in [1.82, 2.24) is 0 Å². The van der Waals surface area contributed by atoms with Crippen LogP contribution in [0.5, 0.6) is 0 Å². The lowest BCUT2D eigenvalue weighted by Crippen LogP contribution is -2.27. The minimum absolute atomic E-state index is 0.0557. The van der Waals surface area contributed by atoms with Crippen molar-refractivity contribution in [2.75, 3.05) is 5.32 Å². The number of hydrogen-bond acceptors (Lipinski definition) is 2. The summed E-state index contributed by atoms with van der Waals surface area (Å²) >= 11 is 5.88. The Morgan fingerprint density at radius 3 is 2.60 bits per heavy atom. The van der Waals surface area contributed by atoms with Gasteiger partial charge in [0, 0.05) is 16.8 Å². The lowest BCUT2D eigenvalue weighted by atomic mass is 10.2. The van der Waals surface area contributed by atoms with E-state index in [9.17, 15) is 5.11 Å². The number of rotatable bonds is 3. The van der Waals surface area contributed by atoms with Crippen molar-refractivity contribution in [3.8, 4) is 0 Å². The summed E-state index contributed by atoms with van der Waals surface area (Å²) in [6, 6.07) is 5.07. The smallest absolute Gasteiger partial charge is 0.205 e. The fourth-order valence-electron chi connectivity index (χ4n) is 1.07. The first-order valence-electron chi connectivity index (χ1n) is 4.66. The minimum Gasteiger partial charge on any atom is -0.391 e. The van der Waals surface area contributed by atoms with E-state index < -0.39 is 6.10 Å². The fraction of sp³-hybridized carbons (Fsp3) is 0.364. The molecule has 0 unspecified atom stereocenters. The molecule has 3 nitrogen and oxygen atoms in total. The molecule has 80 valence electrons. The number of aliphatic hydroxyl groups excluding tert-OH is 1. The van der Waals surface area contributed by atoms with E-state index in [1.807, 2.05) is 6.92 Å². The molecule has 15 heavy (non-hydrogen) atoms. The molecule has 0 aliphatic rings. The molecular formula is C11H13ClN2O. The zero-order valence-corrected chi connectivity index (χ0v) is 9.42.